The van der Waals surface area contributed by atoms with E-state index in [4.69, 9.17) is 5.73 Å². The maximum Gasteiger partial charge on any atom is 0.321 e. The van der Waals surface area contributed by atoms with Crippen LogP contribution in [0.25, 0.3) is 0 Å². The highest BCUT2D eigenvalue weighted by Crippen LogP contribution is 2.17. The smallest absolute Gasteiger partial charge is 0.321 e. The summed E-state index contributed by atoms with van der Waals surface area (Å²) >= 11 is 0. The Bertz CT molecular complexity index is 612. The quantitative estimate of drug-likeness (QED) is 0.873. The third-order valence-electron chi connectivity index (χ3n) is 3.77. The number of amides is 3. The molecule has 0 aliphatic carbocycles. The highest BCUT2D eigenvalue weighted by Gasteiger charge is 2.21. The number of nitrogens with one attached hydrogen (secondary N) is 1. The van der Waals surface area contributed by atoms with E-state index in [0.29, 0.717) is 26.1 Å². The molecule has 1 fully saturated rings. The van der Waals surface area contributed by atoms with Crippen molar-refractivity contribution >= 4 is 17.6 Å². The van der Waals surface area contributed by atoms with E-state index in [0.717, 1.165) is 6.07 Å². The molecule has 1 aromatic carbocycles. The van der Waals surface area contributed by atoms with Gasteiger partial charge in [-0.1, -0.05) is 0 Å². The first-order valence-corrected chi connectivity index (χ1v) is 7.52. The van der Waals surface area contributed by atoms with Crippen molar-refractivity contribution in [2.45, 2.75) is 12.8 Å². The molecule has 9 heteroatoms. The van der Waals surface area contributed by atoms with Gasteiger partial charge >= 0.3 is 6.03 Å². The molecule has 2 rings (SSSR count). The van der Waals surface area contributed by atoms with Gasteiger partial charge in [0.25, 0.3) is 6.43 Å². The Hall–Kier alpha value is -2.29. The van der Waals surface area contributed by atoms with Gasteiger partial charge in [0.15, 0.2) is 0 Å². The average Bonchev–Trinajstić information content (AvgIpc) is 2.74. The summed E-state index contributed by atoms with van der Waals surface area (Å²) in [6, 6.07) is 3.01. The first-order valence-electron chi connectivity index (χ1n) is 7.52. The summed E-state index contributed by atoms with van der Waals surface area (Å²) < 4.78 is 38.7. The summed E-state index contributed by atoms with van der Waals surface area (Å²) in [5, 5.41) is 2.42. The Labute approximate surface area is 137 Å². The summed E-state index contributed by atoms with van der Waals surface area (Å²) in [6.07, 6.45) is -1.85. The third kappa shape index (κ3) is 4.85. The maximum absolute atomic E-state index is 13.9. The lowest BCUT2D eigenvalue weighted by Gasteiger charge is -2.22. The fourth-order valence-corrected chi connectivity index (χ4v) is 2.52. The largest absolute Gasteiger partial charge is 0.366 e. The van der Waals surface area contributed by atoms with Gasteiger partial charge in [-0.3, -0.25) is 9.69 Å². The number of benzene rings is 1. The number of carbonyl (C=O) groups excluding carboxylic acids is 2. The predicted molar refractivity (Wildman–Crippen MR) is 82.6 cm³/mol. The molecule has 3 N–H and O–H groups in total. The highest BCUT2D eigenvalue weighted by atomic mass is 19.3. The van der Waals surface area contributed by atoms with Crippen LogP contribution in [0.4, 0.5) is 23.7 Å². The molecule has 1 heterocycles. The molecular weight excluding hydrogens is 325 g/mol. The van der Waals surface area contributed by atoms with Gasteiger partial charge in [0, 0.05) is 31.7 Å². The minimum Gasteiger partial charge on any atom is -0.366 e. The Morgan fingerprint density at radius 1 is 1.21 bits per heavy atom. The van der Waals surface area contributed by atoms with E-state index in [1.54, 1.807) is 4.90 Å². The normalized spacial score (nSPS) is 16.1. The molecule has 6 nitrogen and oxygen atoms in total. The molecule has 0 atom stereocenters. The molecule has 0 saturated carbocycles. The molecule has 0 bridgehead atoms. The lowest BCUT2D eigenvalue weighted by molar-refractivity contribution is 0.0904. The molecule has 1 aliphatic rings. The number of hydrogen-bond donors (Lipinski definition) is 2. The summed E-state index contributed by atoms with van der Waals surface area (Å²) in [6.45, 7) is 1.17. The van der Waals surface area contributed by atoms with Crippen LogP contribution in [-0.2, 0) is 0 Å². The average molecular weight is 344 g/mol. The molecule has 1 aromatic rings. The Balaban J connectivity index is 1.96. The Morgan fingerprint density at radius 2 is 1.96 bits per heavy atom. The van der Waals surface area contributed by atoms with Crippen LogP contribution in [0, 0.1) is 5.82 Å². The van der Waals surface area contributed by atoms with E-state index in [9.17, 15) is 22.8 Å². The van der Waals surface area contributed by atoms with Crippen LogP contribution in [0.3, 0.4) is 0 Å². The highest BCUT2D eigenvalue weighted by molar-refractivity contribution is 5.94. The van der Waals surface area contributed by atoms with Crippen LogP contribution < -0.4 is 11.1 Å². The number of rotatable bonds is 4. The SMILES string of the molecule is NC(=O)c1ccc(NC(=O)N2CCCN(CC(F)F)CC2)c(F)c1. The minimum atomic E-state index is -2.41. The lowest BCUT2D eigenvalue weighted by Crippen LogP contribution is -2.38. The van der Waals surface area contributed by atoms with Crippen molar-refractivity contribution in [1.29, 1.82) is 0 Å². The van der Waals surface area contributed by atoms with Crippen LogP contribution in [0.5, 0.6) is 0 Å². The number of halogens is 3. The van der Waals surface area contributed by atoms with Crippen LogP contribution in [-0.4, -0.2) is 60.9 Å². The zero-order chi connectivity index (χ0) is 17.7. The number of primary amides is 1. The standard InChI is InChI=1S/C15H19F3N4O2/c16-11-8-10(14(19)23)2-3-12(11)20-15(24)22-5-1-4-21(6-7-22)9-13(17)18/h2-3,8,13H,1,4-7,9H2,(H2,19,23)(H,20,24). The minimum absolute atomic E-state index is 0.00270. The van der Waals surface area contributed by atoms with Crippen LogP contribution >= 0.6 is 0 Å². The van der Waals surface area contributed by atoms with Gasteiger partial charge in [-0.25, -0.2) is 18.0 Å². The molecule has 0 radical (unpaired) electrons. The molecule has 0 aromatic heterocycles. The van der Waals surface area contributed by atoms with E-state index in [-0.39, 0.29) is 24.3 Å². The number of alkyl halides is 2. The van der Waals surface area contributed by atoms with Crippen molar-refractivity contribution in [3.05, 3.63) is 29.6 Å². The van der Waals surface area contributed by atoms with Gasteiger partial charge in [-0.15, -0.1) is 0 Å². The molecule has 24 heavy (non-hydrogen) atoms. The molecule has 1 aliphatic heterocycles. The summed E-state index contributed by atoms with van der Waals surface area (Å²) in [4.78, 5) is 26.2. The molecular formula is C15H19F3N4O2. The monoisotopic (exact) mass is 344 g/mol. The van der Waals surface area contributed by atoms with Crippen molar-refractivity contribution in [2.24, 2.45) is 5.73 Å². The van der Waals surface area contributed by atoms with Crippen molar-refractivity contribution in [2.75, 3.05) is 38.0 Å². The van der Waals surface area contributed by atoms with Crippen molar-refractivity contribution in [3.63, 3.8) is 0 Å². The predicted octanol–water partition coefficient (Wildman–Crippen LogP) is 1.73. The Morgan fingerprint density at radius 3 is 2.58 bits per heavy atom. The van der Waals surface area contributed by atoms with Gasteiger partial charge in [-0.2, -0.15) is 0 Å². The number of nitrogens with zero attached hydrogens (tertiary/aromatic N) is 2. The second-order valence-corrected chi connectivity index (χ2v) is 5.52. The molecule has 132 valence electrons. The fourth-order valence-electron chi connectivity index (χ4n) is 2.52. The summed E-state index contributed by atoms with van der Waals surface area (Å²) in [5.74, 6) is -1.53. The van der Waals surface area contributed by atoms with Crippen molar-refractivity contribution < 1.29 is 22.8 Å². The Kier molecular flexibility index (Phi) is 6.02. The van der Waals surface area contributed by atoms with Crippen LogP contribution in [0.15, 0.2) is 18.2 Å². The number of hydrogen-bond acceptors (Lipinski definition) is 3. The zero-order valence-electron chi connectivity index (χ0n) is 13.0. The first-order chi connectivity index (χ1) is 11.4. The van der Waals surface area contributed by atoms with E-state index in [1.807, 2.05) is 0 Å². The third-order valence-corrected chi connectivity index (χ3v) is 3.77. The van der Waals surface area contributed by atoms with Crippen molar-refractivity contribution in [3.8, 4) is 0 Å². The molecule has 0 unspecified atom stereocenters. The number of nitrogens with two attached hydrogens (primary N) is 1. The number of anilines is 1. The number of carbonyl (C=O) groups is 2. The maximum atomic E-state index is 13.9. The molecule has 3 amide bonds. The lowest BCUT2D eigenvalue weighted by atomic mass is 10.2. The van der Waals surface area contributed by atoms with E-state index >= 15 is 0 Å². The molecule has 0 spiro atoms. The zero-order valence-corrected chi connectivity index (χ0v) is 13.0. The number of urea groups is 1. The van der Waals surface area contributed by atoms with Crippen LogP contribution in [0.1, 0.15) is 16.8 Å². The van der Waals surface area contributed by atoms with Crippen molar-refractivity contribution in [1.82, 2.24) is 9.80 Å². The van der Waals surface area contributed by atoms with Gasteiger partial charge in [-0.05, 0) is 24.6 Å². The fraction of sp³-hybridized carbons (Fsp3) is 0.467. The van der Waals surface area contributed by atoms with E-state index in [1.165, 1.54) is 17.0 Å². The van der Waals surface area contributed by atoms with Gasteiger partial charge in [0.2, 0.25) is 5.91 Å². The summed E-state index contributed by atoms with van der Waals surface area (Å²) in [7, 11) is 0. The summed E-state index contributed by atoms with van der Waals surface area (Å²) in [5.41, 5.74) is 4.99. The topological polar surface area (TPSA) is 78.7 Å². The van der Waals surface area contributed by atoms with E-state index < -0.39 is 24.2 Å². The van der Waals surface area contributed by atoms with Gasteiger partial charge < -0.3 is 16.0 Å². The van der Waals surface area contributed by atoms with Gasteiger partial charge in [0.1, 0.15) is 5.82 Å². The second kappa shape index (κ2) is 8.00. The first kappa shape index (κ1) is 18.1. The van der Waals surface area contributed by atoms with Crippen LogP contribution in [0.2, 0.25) is 0 Å². The van der Waals surface area contributed by atoms with E-state index in [2.05, 4.69) is 5.32 Å². The van der Waals surface area contributed by atoms with Gasteiger partial charge in [0.05, 0.1) is 12.2 Å². The second-order valence-electron chi connectivity index (χ2n) is 5.52. The molecule has 1 saturated heterocycles.